The summed E-state index contributed by atoms with van der Waals surface area (Å²) in [5, 5.41) is 13.2. The number of hydrogen-bond donors (Lipinski definition) is 2. The van der Waals surface area contributed by atoms with Gasteiger partial charge in [0, 0.05) is 18.0 Å². The van der Waals surface area contributed by atoms with E-state index in [1.165, 1.54) is 16.2 Å². The van der Waals surface area contributed by atoms with Crippen molar-refractivity contribution in [1.29, 1.82) is 0 Å². The monoisotopic (exact) mass is 432 g/mol. The molecule has 0 unspecified atom stereocenters. The fourth-order valence-corrected chi connectivity index (χ4v) is 6.94. The molecule has 2 bridgehead atoms. The Morgan fingerprint density at radius 1 is 0.967 bits per heavy atom. The third kappa shape index (κ3) is 3.34. The predicted molar refractivity (Wildman–Crippen MR) is 112 cm³/mol. The molecule has 1 aromatic rings. The number of carboxylic acids is 1. The van der Waals surface area contributed by atoms with Gasteiger partial charge < -0.3 is 20.1 Å². The molecule has 3 saturated heterocycles. The number of fused-ring (bicyclic) bond motifs is 3. The van der Waals surface area contributed by atoms with Crippen molar-refractivity contribution in [2.24, 2.45) is 11.8 Å². The Bertz CT molecular complexity index is 875. The number of carboxylic acid groups (broad SMARTS) is 1. The highest BCUT2D eigenvalue weighted by Gasteiger charge is 2.55. The number of amides is 2. The second-order valence-electron chi connectivity index (χ2n) is 8.94. The molecule has 0 radical (unpaired) electrons. The van der Waals surface area contributed by atoms with E-state index in [0.717, 1.165) is 63.6 Å². The zero-order valence-corrected chi connectivity index (χ0v) is 17.8. The first-order valence-electron chi connectivity index (χ1n) is 11.2. The van der Waals surface area contributed by atoms with Crippen molar-refractivity contribution in [3.05, 3.63) is 16.0 Å². The lowest BCUT2D eigenvalue weighted by Crippen LogP contribution is -2.41. The highest BCUT2D eigenvalue weighted by Crippen LogP contribution is 2.45. The van der Waals surface area contributed by atoms with Gasteiger partial charge in [-0.25, -0.2) is 0 Å². The van der Waals surface area contributed by atoms with Gasteiger partial charge in [0.15, 0.2) is 0 Å². The van der Waals surface area contributed by atoms with E-state index in [9.17, 15) is 19.5 Å². The van der Waals surface area contributed by atoms with Gasteiger partial charge in [0.25, 0.3) is 5.91 Å². The number of thiophene rings is 1. The van der Waals surface area contributed by atoms with Crippen LogP contribution in [0.25, 0.3) is 0 Å². The molecule has 3 aliphatic heterocycles. The van der Waals surface area contributed by atoms with Crippen molar-refractivity contribution >= 4 is 34.1 Å². The van der Waals surface area contributed by atoms with Crippen LogP contribution in [0.5, 0.6) is 0 Å². The largest absolute Gasteiger partial charge is 0.481 e. The maximum absolute atomic E-state index is 13.4. The second kappa shape index (κ2) is 7.96. The van der Waals surface area contributed by atoms with Crippen molar-refractivity contribution < 1.29 is 24.2 Å². The molecule has 0 spiro atoms. The first-order valence-corrected chi connectivity index (χ1v) is 12.0. The second-order valence-corrected chi connectivity index (χ2v) is 10.0. The van der Waals surface area contributed by atoms with Crippen molar-refractivity contribution in [3.63, 3.8) is 0 Å². The topological polar surface area (TPSA) is 95.9 Å². The summed E-state index contributed by atoms with van der Waals surface area (Å²) in [4.78, 5) is 41.5. The van der Waals surface area contributed by atoms with Crippen LogP contribution in [0.2, 0.25) is 0 Å². The fraction of sp³-hybridized carbons (Fsp3) is 0.682. The number of ether oxygens (including phenoxy) is 1. The van der Waals surface area contributed by atoms with Crippen LogP contribution >= 0.6 is 11.3 Å². The quantitative estimate of drug-likeness (QED) is 0.762. The first-order chi connectivity index (χ1) is 14.5. The Balaban J connectivity index is 1.44. The number of piperidine rings is 1. The highest BCUT2D eigenvalue weighted by molar-refractivity contribution is 7.17. The third-order valence-electron chi connectivity index (χ3n) is 7.13. The maximum atomic E-state index is 13.4. The molecular formula is C22H28N2O5S. The molecule has 4 aliphatic rings. The molecule has 0 saturated carbocycles. The van der Waals surface area contributed by atoms with Crippen molar-refractivity contribution in [1.82, 2.24) is 4.90 Å². The summed E-state index contributed by atoms with van der Waals surface area (Å²) in [6, 6.07) is 0. The van der Waals surface area contributed by atoms with Gasteiger partial charge in [0.05, 0.1) is 29.6 Å². The maximum Gasteiger partial charge on any atom is 0.310 e. The zero-order chi connectivity index (χ0) is 20.8. The van der Waals surface area contributed by atoms with Crippen molar-refractivity contribution in [3.8, 4) is 0 Å². The molecule has 4 atom stereocenters. The Morgan fingerprint density at radius 3 is 2.40 bits per heavy atom. The fourth-order valence-electron chi connectivity index (χ4n) is 5.66. The van der Waals surface area contributed by atoms with E-state index in [0.29, 0.717) is 23.4 Å². The SMILES string of the molecule is O=C(O)[C@@H]1[C@@H](C(=O)Nc2sc3c(c2C(=O)N2CCCCC2)CCCC3)[C@@H]2CC[C@@H]1O2. The number of hydrogen-bond acceptors (Lipinski definition) is 5. The highest BCUT2D eigenvalue weighted by atomic mass is 32.1. The van der Waals surface area contributed by atoms with Crippen molar-refractivity contribution in [2.75, 3.05) is 18.4 Å². The number of nitrogens with one attached hydrogen (secondary N) is 1. The zero-order valence-electron chi connectivity index (χ0n) is 17.0. The van der Waals surface area contributed by atoms with Gasteiger partial charge in [-0.05, 0) is 63.4 Å². The molecule has 0 aromatic carbocycles. The summed E-state index contributed by atoms with van der Waals surface area (Å²) in [6.45, 7) is 1.52. The van der Waals surface area contributed by atoms with E-state index in [2.05, 4.69) is 5.32 Å². The molecule has 5 rings (SSSR count). The summed E-state index contributed by atoms with van der Waals surface area (Å²) in [6.07, 6.45) is 7.82. The number of carbonyl (C=O) groups is 3. The predicted octanol–water partition coefficient (Wildman–Crippen LogP) is 3.07. The number of carbonyl (C=O) groups excluding carboxylic acids is 2. The molecule has 2 N–H and O–H groups in total. The minimum Gasteiger partial charge on any atom is -0.481 e. The van der Waals surface area contributed by atoms with E-state index < -0.39 is 17.8 Å². The Morgan fingerprint density at radius 2 is 1.67 bits per heavy atom. The number of rotatable bonds is 4. The number of likely N-dealkylation sites (tertiary alicyclic amines) is 1. The average Bonchev–Trinajstić information content (AvgIpc) is 3.46. The van der Waals surface area contributed by atoms with E-state index in [1.54, 1.807) is 0 Å². The molecule has 8 heteroatoms. The molecule has 3 fully saturated rings. The van der Waals surface area contributed by atoms with E-state index in [1.807, 2.05) is 4.90 Å². The first kappa shape index (κ1) is 20.0. The molecule has 4 heterocycles. The minimum absolute atomic E-state index is 0.0170. The molecule has 30 heavy (non-hydrogen) atoms. The van der Waals surface area contributed by atoms with Crippen LogP contribution in [0, 0.1) is 11.8 Å². The average molecular weight is 433 g/mol. The minimum atomic E-state index is -0.975. The molecule has 1 aliphatic carbocycles. The van der Waals surface area contributed by atoms with Crippen LogP contribution in [0.4, 0.5) is 5.00 Å². The molecule has 162 valence electrons. The van der Waals surface area contributed by atoms with Crippen LogP contribution in [-0.2, 0) is 27.2 Å². The molecule has 7 nitrogen and oxygen atoms in total. The van der Waals surface area contributed by atoms with Gasteiger partial charge in [0.2, 0.25) is 5.91 Å². The van der Waals surface area contributed by atoms with Crippen LogP contribution in [0.1, 0.15) is 65.7 Å². The van der Waals surface area contributed by atoms with E-state index in [4.69, 9.17) is 4.74 Å². The number of anilines is 1. The Labute approximate surface area is 179 Å². The molecule has 2 amide bonds. The van der Waals surface area contributed by atoms with Crippen molar-refractivity contribution in [2.45, 2.75) is 70.0 Å². The lowest BCUT2D eigenvalue weighted by Gasteiger charge is -2.28. The lowest BCUT2D eigenvalue weighted by molar-refractivity contribution is -0.147. The smallest absolute Gasteiger partial charge is 0.310 e. The van der Waals surface area contributed by atoms with Gasteiger partial charge in [-0.15, -0.1) is 11.3 Å². The summed E-state index contributed by atoms with van der Waals surface area (Å²) in [5.41, 5.74) is 1.75. The standard InChI is InChI=1S/C22H28N2O5S/c25-19(17-13-8-9-14(29-13)18(17)22(27)28)23-20-16(12-6-2-3-7-15(12)30-20)21(26)24-10-4-1-5-11-24/h13-14,17-18H,1-11H2,(H,23,25)(H,27,28)/t13-,14-,17-,18-/m0/s1. The van der Waals surface area contributed by atoms with E-state index >= 15 is 0 Å². The Kier molecular flexibility index (Phi) is 5.31. The number of aliphatic carboxylic acids is 1. The van der Waals surface area contributed by atoms with E-state index in [-0.39, 0.29) is 24.0 Å². The van der Waals surface area contributed by atoms with Gasteiger partial charge in [0.1, 0.15) is 5.00 Å². The van der Waals surface area contributed by atoms with Crippen LogP contribution < -0.4 is 5.32 Å². The Hall–Kier alpha value is -1.93. The van der Waals surface area contributed by atoms with Gasteiger partial charge in [-0.3, -0.25) is 14.4 Å². The van der Waals surface area contributed by atoms with Crippen LogP contribution in [-0.4, -0.2) is 53.1 Å². The summed E-state index contributed by atoms with van der Waals surface area (Å²) >= 11 is 1.50. The number of nitrogens with zero attached hydrogens (tertiary/aromatic N) is 1. The summed E-state index contributed by atoms with van der Waals surface area (Å²) in [5.74, 6) is -2.78. The third-order valence-corrected chi connectivity index (χ3v) is 8.33. The van der Waals surface area contributed by atoms with Crippen LogP contribution in [0.3, 0.4) is 0 Å². The summed E-state index contributed by atoms with van der Waals surface area (Å²) < 4.78 is 5.76. The number of aryl methyl sites for hydroxylation is 1. The van der Waals surface area contributed by atoms with Gasteiger partial charge >= 0.3 is 5.97 Å². The van der Waals surface area contributed by atoms with Crippen LogP contribution in [0.15, 0.2) is 0 Å². The van der Waals surface area contributed by atoms with Gasteiger partial charge in [-0.2, -0.15) is 0 Å². The lowest BCUT2D eigenvalue weighted by atomic mass is 9.78. The normalized spacial score (nSPS) is 30.2. The van der Waals surface area contributed by atoms with Gasteiger partial charge in [-0.1, -0.05) is 0 Å². The molecule has 1 aromatic heterocycles. The molecular weight excluding hydrogens is 404 g/mol. The summed E-state index contributed by atoms with van der Waals surface area (Å²) in [7, 11) is 0.